The highest BCUT2D eigenvalue weighted by Gasteiger charge is 2.35. The summed E-state index contributed by atoms with van der Waals surface area (Å²) in [6.07, 6.45) is 7.61. The van der Waals surface area contributed by atoms with Gasteiger partial charge in [-0.3, -0.25) is 0 Å². The van der Waals surface area contributed by atoms with Crippen LogP contribution >= 0.6 is 0 Å². The molecule has 0 unspecified atom stereocenters. The zero-order valence-corrected chi connectivity index (χ0v) is 11.7. The number of hydrogen-bond acceptors (Lipinski definition) is 4. The molecule has 0 saturated heterocycles. The minimum atomic E-state index is 0.280. The summed E-state index contributed by atoms with van der Waals surface area (Å²) in [6.45, 7) is 7.39. The van der Waals surface area contributed by atoms with Gasteiger partial charge >= 0.3 is 0 Å². The van der Waals surface area contributed by atoms with E-state index in [0.29, 0.717) is 0 Å². The number of nitrogens with one attached hydrogen (secondary N) is 2. The molecule has 18 heavy (non-hydrogen) atoms. The van der Waals surface area contributed by atoms with Gasteiger partial charge in [0.2, 0.25) is 0 Å². The Bertz CT molecular complexity index is 393. The third-order valence-corrected chi connectivity index (χ3v) is 4.01. The summed E-state index contributed by atoms with van der Waals surface area (Å²) >= 11 is 0. The van der Waals surface area contributed by atoms with E-state index in [1.54, 1.807) is 6.33 Å². The first kappa shape index (κ1) is 13.1. The van der Waals surface area contributed by atoms with Crippen molar-refractivity contribution in [3.05, 3.63) is 11.9 Å². The van der Waals surface area contributed by atoms with Crippen LogP contribution in [-0.4, -0.2) is 22.1 Å². The smallest absolute Gasteiger partial charge is 0.135 e. The molecular weight excluding hydrogens is 224 g/mol. The van der Waals surface area contributed by atoms with Crippen molar-refractivity contribution in [3.8, 4) is 0 Å². The lowest BCUT2D eigenvalue weighted by Gasteiger charge is -2.42. The summed E-state index contributed by atoms with van der Waals surface area (Å²) < 4.78 is 0. The van der Waals surface area contributed by atoms with Gasteiger partial charge in [0.15, 0.2) is 0 Å². The Morgan fingerprint density at radius 2 is 1.89 bits per heavy atom. The lowest BCUT2D eigenvalue weighted by molar-refractivity contribution is 0.268. The fraction of sp³-hybridized carbons (Fsp3) is 0.714. The van der Waals surface area contributed by atoms with E-state index in [1.165, 1.54) is 24.8 Å². The zero-order valence-electron chi connectivity index (χ0n) is 11.7. The van der Waals surface area contributed by atoms with Crippen LogP contribution in [0.25, 0.3) is 0 Å². The van der Waals surface area contributed by atoms with Gasteiger partial charge in [0.1, 0.15) is 18.0 Å². The largest absolute Gasteiger partial charge is 0.370 e. The summed E-state index contributed by atoms with van der Waals surface area (Å²) in [5.41, 5.74) is 1.49. The van der Waals surface area contributed by atoms with Crippen molar-refractivity contribution in [2.24, 2.45) is 0 Å². The second-order valence-corrected chi connectivity index (χ2v) is 5.05. The van der Waals surface area contributed by atoms with Gasteiger partial charge < -0.3 is 10.6 Å². The van der Waals surface area contributed by atoms with Crippen LogP contribution in [-0.2, 0) is 6.42 Å². The van der Waals surface area contributed by atoms with Gasteiger partial charge in [0.25, 0.3) is 0 Å². The van der Waals surface area contributed by atoms with Gasteiger partial charge in [-0.1, -0.05) is 13.8 Å². The van der Waals surface area contributed by atoms with Gasteiger partial charge in [0.05, 0.1) is 0 Å². The van der Waals surface area contributed by atoms with Crippen LogP contribution in [0.5, 0.6) is 0 Å². The van der Waals surface area contributed by atoms with Crippen LogP contribution in [0.15, 0.2) is 6.33 Å². The molecule has 1 aliphatic carbocycles. The summed E-state index contributed by atoms with van der Waals surface area (Å²) in [6, 6.07) is 0. The molecule has 0 radical (unpaired) electrons. The molecule has 1 aliphatic rings. The topological polar surface area (TPSA) is 49.8 Å². The zero-order chi connectivity index (χ0) is 13.0. The summed E-state index contributed by atoms with van der Waals surface area (Å²) in [5.74, 6) is 1.99. The monoisotopic (exact) mass is 248 g/mol. The highest BCUT2D eigenvalue weighted by Crippen LogP contribution is 2.38. The van der Waals surface area contributed by atoms with Crippen molar-refractivity contribution in [2.75, 3.05) is 17.2 Å². The molecule has 2 rings (SSSR count). The molecular formula is C14H24N4. The molecule has 4 heteroatoms. The first-order chi connectivity index (χ1) is 8.74. The van der Waals surface area contributed by atoms with Gasteiger partial charge in [0, 0.05) is 17.6 Å². The van der Waals surface area contributed by atoms with Crippen molar-refractivity contribution < 1.29 is 0 Å². The first-order valence-corrected chi connectivity index (χ1v) is 7.10. The van der Waals surface area contributed by atoms with E-state index in [2.05, 4.69) is 41.4 Å². The Morgan fingerprint density at radius 1 is 1.17 bits per heavy atom. The molecule has 1 fully saturated rings. The predicted octanol–water partition coefficient (Wildman–Crippen LogP) is 3.22. The maximum Gasteiger partial charge on any atom is 0.135 e. The number of nitrogens with zero attached hydrogens (tertiary/aromatic N) is 2. The SMILES string of the molecule is CCNc1ncnc(NC2(CC)CCC2)c1CC. The van der Waals surface area contributed by atoms with E-state index in [0.717, 1.165) is 31.0 Å². The molecule has 2 N–H and O–H groups in total. The average molecular weight is 248 g/mol. The van der Waals surface area contributed by atoms with E-state index < -0.39 is 0 Å². The average Bonchev–Trinajstić information content (AvgIpc) is 2.34. The summed E-state index contributed by atoms with van der Waals surface area (Å²) in [7, 11) is 0. The van der Waals surface area contributed by atoms with E-state index in [1.807, 2.05) is 0 Å². The second kappa shape index (κ2) is 5.55. The third kappa shape index (κ3) is 2.42. The van der Waals surface area contributed by atoms with Crippen LogP contribution in [0.4, 0.5) is 11.6 Å². The molecule has 0 amide bonds. The van der Waals surface area contributed by atoms with Crippen molar-refractivity contribution in [2.45, 2.75) is 58.4 Å². The van der Waals surface area contributed by atoms with Crippen LogP contribution in [0.3, 0.4) is 0 Å². The number of rotatable bonds is 6. The van der Waals surface area contributed by atoms with Gasteiger partial charge in [-0.25, -0.2) is 9.97 Å². The van der Waals surface area contributed by atoms with Crippen LogP contribution in [0.1, 0.15) is 52.0 Å². The molecule has 1 saturated carbocycles. The molecule has 0 atom stereocenters. The van der Waals surface area contributed by atoms with Gasteiger partial charge in [-0.15, -0.1) is 0 Å². The molecule has 4 nitrogen and oxygen atoms in total. The van der Waals surface area contributed by atoms with E-state index in [4.69, 9.17) is 0 Å². The Labute approximate surface area is 110 Å². The number of aromatic nitrogens is 2. The first-order valence-electron chi connectivity index (χ1n) is 7.10. The molecule has 100 valence electrons. The van der Waals surface area contributed by atoms with Gasteiger partial charge in [-0.2, -0.15) is 0 Å². The van der Waals surface area contributed by atoms with Crippen molar-refractivity contribution in [3.63, 3.8) is 0 Å². The molecule has 1 aromatic rings. The Hall–Kier alpha value is -1.32. The molecule has 0 aromatic carbocycles. The quantitative estimate of drug-likeness (QED) is 0.811. The minimum absolute atomic E-state index is 0.280. The summed E-state index contributed by atoms with van der Waals surface area (Å²) in [4.78, 5) is 8.78. The van der Waals surface area contributed by atoms with Crippen LogP contribution in [0, 0.1) is 0 Å². The van der Waals surface area contributed by atoms with Crippen molar-refractivity contribution in [1.29, 1.82) is 0 Å². The van der Waals surface area contributed by atoms with E-state index in [-0.39, 0.29) is 5.54 Å². The van der Waals surface area contributed by atoms with Crippen LogP contribution < -0.4 is 10.6 Å². The normalized spacial score (nSPS) is 17.1. The third-order valence-electron chi connectivity index (χ3n) is 4.01. The lowest BCUT2D eigenvalue weighted by atomic mass is 9.75. The number of anilines is 2. The van der Waals surface area contributed by atoms with Gasteiger partial charge in [-0.05, 0) is 39.0 Å². The maximum absolute atomic E-state index is 4.45. The molecule has 0 aliphatic heterocycles. The standard InChI is InChI=1S/C14H24N4/c1-4-11-12(15-6-3)16-10-17-13(11)18-14(5-2)8-7-9-14/h10H,4-9H2,1-3H3,(H2,15,16,17,18). The van der Waals surface area contributed by atoms with E-state index in [9.17, 15) is 0 Å². The highest BCUT2D eigenvalue weighted by molar-refractivity contribution is 5.58. The second-order valence-electron chi connectivity index (χ2n) is 5.05. The van der Waals surface area contributed by atoms with Crippen molar-refractivity contribution >= 4 is 11.6 Å². The maximum atomic E-state index is 4.45. The predicted molar refractivity (Wildman–Crippen MR) is 76.1 cm³/mol. The Kier molecular flexibility index (Phi) is 4.04. The molecule has 1 heterocycles. The Morgan fingerprint density at radius 3 is 2.39 bits per heavy atom. The van der Waals surface area contributed by atoms with Crippen molar-refractivity contribution in [1.82, 2.24) is 9.97 Å². The molecule has 0 bridgehead atoms. The molecule has 1 aromatic heterocycles. The molecule has 0 spiro atoms. The summed E-state index contributed by atoms with van der Waals surface area (Å²) in [5, 5.41) is 6.98. The highest BCUT2D eigenvalue weighted by atomic mass is 15.1. The van der Waals surface area contributed by atoms with E-state index >= 15 is 0 Å². The Balaban J connectivity index is 2.23. The minimum Gasteiger partial charge on any atom is -0.370 e. The lowest BCUT2D eigenvalue weighted by Crippen LogP contribution is -2.44. The number of hydrogen-bond donors (Lipinski definition) is 2. The fourth-order valence-electron chi connectivity index (χ4n) is 2.60. The fourth-order valence-corrected chi connectivity index (χ4v) is 2.60. The van der Waals surface area contributed by atoms with Crippen LogP contribution in [0.2, 0.25) is 0 Å².